The lowest BCUT2D eigenvalue weighted by molar-refractivity contribution is 0.664. The van der Waals surface area contributed by atoms with Crippen LogP contribution in [0.5, 0.6) is 0 Å². The molecule has 0 atom stereocenters. The SMILES string of the molecule is c1ccc(-c2cc(-c3ccccc3)nc(-c3ccc(-n4c5ccccc5c5c6c7ccccc7oc6c6c7ccccc7oc6c54)cc3)n2)cc1. The van der Waals surface area contributed by atoms with Gasteiger partial charge < -0.3 is 13.4 Å². The van der Waals surface area contributed by atoms with E-state index in [0.29, 0.717) is 5.82 Å². The number of hydrogen-bond acceptors (Lipinski definition) is 4. The number of aromatic nitrogens is 3. The summed E-state index contributed by atoms with van der Waals surface area (Å²) in [5, 5.41) is 6.48. The molecule has 4 heterocycles. The average Bonchev–Trinajstić information content (AvgIpc) is 3.88. The van der Waals surface area contributed by atoms with Crippen molar-refractivity contribution in [3.05, 3.63) is 164 Å². The van der Waals surface area contributed by atoms with Gasteiger partial charge in [-0.05, 0) is 48.5 Å². The molecule has 5 nitrogen and oxygen atoms in total. The lowest BCUT2D eigenvalue weighted by Crippen LogP contribution is -1.97. The first-order valence-corrected chi connectivity index (χ1v) is 17.1. The lowest BCUT2D eigenvalue weighted by Gasteiger charge is -2.11. The highest BCUT2D eigenvalue weighted by Crippen LogP contribution is 2.48. The highest BCUT2D eigenvalue weighted by Gasteiger charge is 2.26. The highest BCUT2D eigenvalue weighted by atomic mass is 16.3. The zero-order valence-electron chi connectivity index (χ0n) is 27.2. The van der Waals surface area contributed by atoms with Crippen molar-refractivity contribution in [3.8, 4) is 39.6 Å². The summed E-state index contributed by atoms with van der Waals surface area (Å²) in [6.45, 7) is 0. The molecule has 0 radical (unpaired) electrons. The molecular formula is C46H27N3O2. The van der Waals surface area contributed by atoms with E-state index in [1.165, 1.54) is 0 Å². The molecular weight excluding hydrogens is 627 g/mol. The summed E-state index contributed by atoms with van der Waals surface area (Å²) < 4.78 is 15.8. The van der Waals surface area contributed by atoms with Crippen LogP contribution in [-0.2, 0) is 0 Å². The fraction of sp³-hybridized carbons (Fsp3) is 0. The fourth-order valence-electron chi connectivity index (χ4n) is 7.73. The summed E-state index contributed by atoms with van der Waals surface area (Å²) in [5.41, 5.74) is 11.3. The third-order valence-corrected chi connectivity index (χ3v) is 10.0. The largest absolute Gasteiger partial charge is 0.455 e. The predicted octanol–water partition coefficient (Wildman–Crippen LogP) is 12.4. The zero-order valence-corrected chi connectivity index (χ0v) is 27.2. The van der Waals surface area contributed by atoms with Gasteiger partial charge in [0.25, 0.3) is 0 Å². The summed E-state index contributed by atoms with van der Waals surface area (Å²) in [5.74, 6) is 0.676. The number of para-hydroxylation sites is 3. The van der Waals surface area contributed by atoms with Crippen molar-refractivity contribution in [1.82, 2.24) is 14.5 Å². The van der Waals surface area contributed by atoms with Crippen LogP contribution in [-0.4, -0.2) is 14.5 Å². The van der Waals surface area contributed by atoms with E-state index < -0.39 is 0 Å². The predicted molar refractivity (Wildman–Crippen MR) is 207 cm³/mol. The van der Waals surface area contributed by atoms with Gasteiger partial charge >= 0.3 is 0 Å². The van der Waals surface area contributed by atoms with E-state index in [9.17, 15) is 0 Å². The quantitative estimate of drug-likeness (QED) is 0.190. The van der Waals surface area contributed by atoms with E-state index in [-0.39, 0.29) is 0 Å². The first-order chi connectivity index (χ1) is 25.3. The Labute approximate surface area is 291 Å². The van der Waals surface area contributed by atoms with Crippen LogP contribution in [0.3, 0.4) is 0 Å². The summed E-state index contributed by atoms with van der Waals surface area (Å²) in [4.78, 5) is 10.1. The molecule has 7 aromatic carbocycles. The van der Waals surface area contributed by atoms with Gasteiger partial charge in [-0.15, -0.1) is 0 Å². The van der Waals surface area contributed by atoms with Crippen molar-refractivity contribution in [2.24, 2.45) is 0 Å². The molecule has 238 valence electrons. The van der Waals surface area contributed by atoms with Crippen LogP contribution < -0.4 is 0 Å². The molecule has 4 aromatic heterocycles. The molecule has 0 spiro atoms. The Balaban J connectivity index is 1.18. The van der Waals surface area contributed by atoms with Crippen LogP contribution in [0.4, 0.5) is 0 Å². The molecule has 0 unspecified atom stereocenters. The Morgan fingerprint density at radius 3 is 1.59 bits per heavy atom. The van der Waals surface area contributed by atoms with Crippen molar-refractivity contribution in [3.63, 3.8) is 0 Å². The molecule has 0 N–H and O–H groups in total. The van der Waals surface area contributed by atoms with Gasteiger partial charge in [0.2, 0.25) is 0 Å². The van der Waals surface area contributed by atoms with Crippen LogP contribution in [0, 0.1) is 0 Å². The summed E-state index contributed by atoms with van der Waals surface area (Å²) in [7, 11) is 0. The second kappa shape index (κ2) is 10.8. The average molecular weight is 654 g/mol. The summed E-state index contributed by atoms with van der Waals surface area (Å²) in [6, 6.07) is 56.3. The monoisotopic (exact) mass is 653 g/mol. The number of nitrogens with zero attached hydrogens (tertiary/aromatic N) is 3. The molecule has 0 fully saturated rings. The van der Waals surface area contributed by atoms with Gasteiger partial charge in [-0.1, -0.05) is 115 Å². The van der Waals surface area contributed by atoms with Crippen LogP contribution in [0.1, 0.15) is 0 Å². The zero-order chi connectivity index (χ0) is 33.5. The maximum Gasteiger partial charge on any atom is 0.163 e. The standard InChI is InChI=1S/C46H27N3O2/c1-3-13-28(14-4-1)35-27-36(29-15-5-2-6-16-29)48-46(47-35)30-23-25-31(26-24-30)49-37-20-10-7-17-32(37)40-41-33-18-8-11-21-38(33)50-44(41)42-34-19-9-12-22-39(34)51-45(42)43(40)49/h1-27H. The Bertz CT molecular complexity index is 3060. The van der Waals surface area contributed by atoms with Crippen molar-refractivity contribution < 1.29 is 8.83 Å². The first-order valence-electron chi connectivity index (χ1n) is 17.1. The maximum atomic E-state index is 6.76. The minimum atomic E-state index is 0.676. The second-order valence-corrected chi connectivity index (χ2v) is 12.9. The number of hydrogen-bond donors (Lipinski definition) is 0. The van der Waals surface area contributed by atoms with E-state index in [0.717, 1.165) is 99.4 Å². The van der Waals surface area contributed by atoms with Gasteiger partial charge in [0.15, 0.2) is 11.4 Å². The molecule has 0 aliphatic heterocycles. The molecule has 0 saturated heterocycles. The van der Waals surface area contributed by atoms with E-state index >= 15 is 0 Å². The minimum Gasteiger partial charge on any atom is -0.455 e. The molecule has 0 saturated carbocycles. The van der Waals surface area contributed by atoms with Gasteiger partial charge in [0.05, 0.1) is 27.8 Å². The third-order valence-electron chi connectivity index (χ3n) is 10.0. The smallest absolute Gasteiger partial charge is 0.163 e. The molecule has 51 heavy (non-hydrogen) atoms. The normalized spacial score (nSPS) is 11.9. The van der Waals surface area contributed by atoms with Gasteiger partial charge in [0, 0.05) is 49.3 Å². The van der Waals surface area contributed by atoms with Gasteiger partial charge in [-0.3, -0.25) is 0 Å². The lowest BCUT2D eigenvalue weighted by atomic mass is 10.0. The van der Waals surface area contributed by atoms with Crippen molar-refractivity contribution in [1.29, 1.82) is 0 Å². The minimum absolute atomic E-state index is 0.676. The Kier molecular flexibility index (Phi) is 5.89. The second-order valence-electron chi connectivity index (χ2n) is 12.9. The maximum absolute atomic E-state index is 6.76. The fourth-order valence-corrected chi connectivity index (χ4v) is 7.73. The Morgan fingerprint density at radius 2 is 0.941 bits per heavy atom. The summed E-state index contributed by atoms with van der Waals surface area (Å²) in [6.07, 6.45) is 0. The number of rotatable bonds is 4. The molecule has 5 heteroatoms. The van der Waals surface area contributed by atoms with Crippen LogP contribution in [0.25, 0.3) is 105 Å². The molecule has 0 amide bonds. The van der Waals surface area contributed by atoms with Gasteiger partial charge in [0.1, 0.15) is 16.7 Å². The van der Waals surface area contributed by atoms with E-state index in [4.69, 9.17) is 18.8 Å². The summed E-state index contributed by atoms with van der Waals surface area (Å²) >= 11 is 0. The van der Waals surface area contributed by atoms with Crippen molar-refractivity contribution >= 4 is 65.7 Å². The third kappa shape index (κ3) is 4.15. The van der Waals surface area contributed by atoms with Crippen LogP contribution in [0.15, 0.2) is 173 Å². The molecule has 11 aromatic rings. The molecule has 11 rings (SSSR count). The van der Waals surface area contributed by atoms with E-state index in [2.05, 4.69) is 108 Å². The van der Waals surface area contributed by atoms with Crippen molar-refractivity contribution in [2.45, 2.75) is 0 Å². The first kappa shape index (κ1) is 27.9. The van der Waals surface area contributed by atoms with Crippen molar-refractivity contribution in [2.75, 3.05) is 0 Å². The Hall–Kier alpha value is -6.98. The number of fused-ring (bicyclic) bond motifs is 12. The Morgan fingerprint density at radius 1 is 0.412 bits per heavy atom. The van der Waals surface area contributed by atoms with E-state index in [1.807, 2.05) is 60.7 Å². The van der Waals surface area contributed by atoms with Crippen LogP contribution >= 0.6 is 0 Å². The van der Waals surface area contributed by atoms with Crippen LogP contribution in [0.2, 0.25) is 0 Å². The van der Waals surface area contributed by atoms with Gasteiger partial charge in [-0.25, -0.2) is 9.97 Å². The highest BCUT2D eigenvalue weighted by molar-refractivity contribution is 6.38. The topological polar surface area (TPSA) is 57.0 Å². The number of furan rings is 2. The number of benzene rings is 7. The molecule has 0 bridgehead atoms. The molecule has 0 aliphatic carbocycles. The molecule has 0 aliphatic rings. The van der Waals surface area contributed by atoms with Gasteiger partial charge in [-0.2, -0.15) is 0 Å². The van der Waals surface area contributed by atoms with E-state index in [1.54, 1.807) is 0 Å².